The first kappa shape index (κ1) is 11.9. The Balaban J connectivity index is 3.49. The molecule has 2 nitrogen and oxygen atoms in total. The molecule has 74 valence electrons. The molecule has 12 heavy (non-hydrogen) atoms. The summed E-state index contributed by atoms with van der Waals surface area (Å²) in [6.45, 7) is 8.82. The van der Waals surface area contributed by atoms with Crippen LogP contribution in [-0.4, -0.2) is 31.1 Å². The standard InChI is InChI=1S/C10H24N2/c1-9(2)10(3)12(4)8-6-5-7-11/h9-10H,5-8,11H2,1-4H3. The number of nitrogens with zero attached hydrogens (tertiary/aromatic N) is 1. The Hall–Kier alpha value is -0.0800. The third-order valence-electron chi connectivity index (χ3n) is 2.63. The van der Waals surface area contributed by atoms with Gasteiger partial charge in [0.15, 0.2) is 0 Å². The van der Waals surface area contributed by atoms with Crippen LogP contribution >= 0.6 is 0 Å². The lowest BCUT2D eigenvalue weighted by atomic mass is 10.1. The monoisotopic (exact) mass is 172 g/mol. The summed E-state index contributed by atoms with van der Waals surface area (Å²) in [5.41, 5.74) is 5.43. The second-order valence-electron chi connectivity index (χ2n) is 3.96. The van der Waals surface area contributed by atoms with Gasteiger partial charge in [0.1, 0.15) is 0 Å². The molecule has 2 heteroatoms. The van der Waals surface area contributed by atoms with Crippen LogP contribution in [0, 0.1) is 5.92 Å². The molecular formula is C10H24N2. The molecule has 0 bridgehead atoms. The van der Waals surface area contributed by atoms with Crippen LogP contribution < -0.4 is 5.73 Å². The lowest BCUT2D eigenvalue weighted by Gasteiger charge is -2.27. The van der Waals surface area contributed by atoms with Gasteiger partial charge in [-0.15, -0.1) is 0 Å². The fourth-order valence-corrected chi connectivity index (χ4v) is 1.22. The predicted octanol–water partition coefficient (Wildman–Crippen LogP) is 1.70. The van der Waals surface area contributed by atoms with Crippen LogP contribution in [0.5, 0.6) is 0 Å². The van der Waals surface area contributed by atoms with E-state index in [0.717, 1.165) is 18.9 Å². The third kappa shape index (κ3) is 4.73. The number of rotatable bonds is 6. The molecule has 0 aromatic rings. The van der Waals surface area contributed by atoms with Crippen molar-refractivity contribution in [3.63, 3.8) is 0 Å². The summed E-state index contributed by atoms with van der Waals surface area (Å²) in [5, 5.41) is 0. The Morgan fingerprint density at radius 1 is 1.17 bits per heavy atom. The molecule has 0 amide bonds. The van der Waals surface area contributed by atoms with Gasteiger partial charge in [0.25, 0.3) is 0 Å². The highest BCUT2D eigenvalue weighted by atomic mass is 15.1. The third-order valence-corrected chi connectivity index (χ3v) is 2.63. The zero-order chi connectivity index (χ0) is 9.56. The Bertz CT molecular complexity index is 102. The van der Waals surface area contributed by atoms with Crippen molar-refractivity contribution in [1.29, 1.82) is 0 Å². The van der Waals surface area contributed by atoms with E-state index in [1.807, 2.05) is 0 Å². The first-order valence-electron chi connectivity index (χ1n) is 5.00. The highest BCUT2D eigenvalue weighted by molar-refractivity contribution is 4.66. The second kappa shape index (κ2) is 6.44. The van der Waals surface area contributed by atoms with E-state index in [9.17, 15) is 0 Å². The largest absolute Gasteiger partial charge is 0.330 e. The molecular weight excluding hydrogens is 148 g/mol. The first-order chi connectivity index (χ1) is 5.59. The van der Waals surface area contributed by atoms with Gasteiger partial charge in [0.05, 0.1) is 0 Å². The zero-order valence-electron chi connectivity index (χ0n) is 9.01. The summed E-state index contributed by atoms with van der Waals surface area (Å²) in [6.07, 6.45) is 2.37. The molecule has 0 aliphatic heterocycles. The normalized spacial score (nSPS) is 14.2. The molecule has 1 atom stereocenters. The number of unbranched alkanes of at least 4 members (excludes halogenated alkanes) is 1. The Morgan fingerprint density at radius 2 is 1.75 bits per heavy atom. The van der Waals surface area contributed by atoms with Crippen LogP contribution in [0.25, 0.3) is 0 Å². The lowest BCUT2D eigenvalue weighted by molar-refractivity contribution is 0.205. The summed E-state index contributed by atoms with van der Waals surface area (Å²) in [4.78, 5) is 2.42. The maximum atomic E-state index is 5.43. The Kier molecular flexibility index (Phi) is 6.39. The predicted molar refractivity (Wildman–Crippen MR) is 55.2 cm³/mol. The van der Waals surface area contributed by atoms with Crippen LogP contribution in [-0.2, 0) is 0 Å². The molecule has 0 fully saturated rings. The van der Waals surface area contributed by atoms with Gasteiger partial charge in [0, 0.05) is 6.04 Å². The summed E-state index contributed by atoms with van der Waals surface area (Å²) in [5.74, 6) is 0.743. The highest BCUT2D eigenvalue weighted by Crippen LogP contribution is 2.08. The number of hydrogen-bond acceptors (Lipinski definition) is 2. The highest BCUT2D eigenvalue weighted by Gasteiger charge is 2.11. The van der Waals surface area contributed by atoms with Gasteiger partial charge in [-0.3, -0.25) is 0 Å². The summed E-state index contributed by atoms with van der Waals surface area (Å²) in [6, 6.07) is 0.683. The molecule has 0 heterocycles. The fourth-order valence-electron chi connectivity index (χ4n) is 1.22. The van der Waals surface area contributed by atoms with E-state index in [0.29, 0.717) is 6.04 Å². The number of nitrogens with two attached hydrogens (primary N) is 1. The van der Waals surface area contributed by atoms with E-state index < -0.39 is 0 Å². The van der Waals surface area contributed by atoms with Crippen LogP contribution in [0.15, 0.2) is 0 Å². The molecule has 1 unspecified atom stereocenters. The zero-order valence-corrected chi connectivity index (χ0v) is 9.01. The van der Waals surface area contributed by atoms with Crippen LogP contribution in [0.2, 0.25) is 0 Å². The van der Waals surface area contributed by atoms with E-state index in [-0.39, 0.29) is 0 Å². The van der Waals surface area contributed by atoms with Crippen LogP contribution in [0.4, 0.5) is 0 Å². The molecule has 0 rings (SSSR count). The van der Waals surface area contributed by atoms with E-state index >= 15 is 0 Å². The molecule has 0 spiro atoms. The van der Waals surface area contributed by atoms with Crippen molar-refractivity contribution in [2.24, 2.45) is 11.7 Å². The lowest BCUT2D eigenvalue weighted by Crippen LogP contribution is -2.34. The first-order valence-corrected chi connectivity index (χ1v) is 5.00. The Labute approximate surface area is 77.1 Å². The van der Waals surface area contributed by atoms with Crippen molar-refractivity contribution in [2.45, 2.75) is 39.7 Å². The van der Waals surface area contributed by atoms with Crippen molar-refractivity contribution in [1.82, 2.24) is 4.90 Å². The average Bonchev–Trinajstić information content (AvgIpc) is 2.03. The second-order valence-corrected chi connectivity index (χ2v) is 3.96. The molecule has 0 aromatic heterocycles. The van der Waals surface area contributed by atoms with E-state index in [4.69, 9.17) is 5.73 Å². The molecule has 0 aliphatic carbocycles. The minimum atomic E-state index is 0.683. The Morgan fingerprint density at radius 3 is 2.17 bits per heavy atom. The minimum Gasteiger partial charge on any atom is -0.330 e. The summed E-state index contributed by atoms with van der Waals surface area (Å²) in [7, 11) is 2.20. The van der Waals surface area contributed by atoms with Gasteiger partial charge in [-0.05, 0) is 45.8 Å². The van der Waals surface area contributed by atoms with Gasteiger partial charge in [-0.2, -0.15) is 0 Å². The van der Waals surface area contributed by atoms with Crippen molar-refractivity contribution >= 4 is 0 Å². The van der Waals surface area contributed by atoms with Gasteiger partial charge in [0.2, 0.25) is 0 Å². The molecule has 0 radical (unpaired) electrons. The van der Waals surface area contributed by atoms with E-state index in [2.05, 4.69) is 32.7 Å². The van der Waals surface area contributed by atoms with E-state index in [1.54, 1.807) is 0 Å². The van der Waals surface area contributed by atoms with Gasteiger partial charge in [-0.25, -0.2) is 0 Å². The maximum Gasteiger partial charge on any atom is 0.00868 e. The molecule has 2 N–H and O–H groups in total. The smallest absolute Gasteiger partial charge is 0.00868 e. The molecule has 0 saturated carbocycles. The van der Waals surface area contributed by atoms with Crippen LogP contribution in [0.3, 0.4) is 0 Å². The van der Waals surface area contributed by atoms with E-state index in [1.165, 1.54) is 13.0 Å². The fraction of sp³-hybridized carbons (Fsp3) is 1.00. The molecule has 0 aliphatic rings. The van der Waals surface area contributed by atoms with Crippen molar-refractivity contribution < 1.29 is 0 Å². The molecule has 0 aromatic carbocycles. The van der Waals surface area contributed by atoms with Gasteiger partial charge < -0.3 is 10.6 Å². The maximum absolute atomic E-state index is 5.43. The van der Waals surface area contributed by atoms with Gasteiger partial charge >= 0.3 is 0 Å². The number of hydrogen-bond donors (Lipinski definition) is 1. The van der Waals surface area contributed by atoms with Crippen molar-refractivity contribution in [3.8, 4) is 0 Å². The van der Waals surface area contributed by atoms with Crippen LogP contribution in [0.1, 0.15) is 33.6 Å². The SMILES string of the molecule is CC(C)C(C)N(C)CCCCN. The quantitative estimate of drug-likeness (QED) is 0.618. The van der Waals surface area contributed by atoms with Gasteiger partial charge in [-0.1, -0.05) is 13.8 Å². The minimum absolute atomic E-state index is 0.683. The summed E-state index contributed by atoms with van der Waals surface area (Å²) < 4.78 is 0. The summed E-state index contributed by atoms with van der Waals surface area (Å²) >= 11 is 0. The molecule has 0 saturated heterocycles. The van der Waals surface area contributed by atoms with Crippen molar-refractivity contribution in [3.05, 3.63) is 0 Å². The topological polar surface area (TPSA) is 29.3 Å². The average molecular weight is 172 g/mol. The van der Waals surface area contributed by atoms with Crippen molar-refractivity contribution in [2.75, 3.05) is 20.1 Å².